The van der Waals surface area contributed by atoms with Gasteiger partial charge in [-0.05, 0) is 25.1 Å². The second-order valence-electron chi connectivity index (χ2n) is 4.60. The first-order valence-electron chi connectivity index (χ1n) is 6.45. The molecule has 0 saturated carbocycles. The molecule has 21 heavy (non-hydrogen) atoms. The molecule has 0 fully saturated rings. The minimum atomic E-state index is -1.05. The number of rotatable bonds is 5. The number of benzene rings is 2. The van der Waals surface area contributed by atoms with E-state index < -0.39 is 5.97 Å². The van der Waals surface area contributed by atoms with Gasteiger partial charge in [-0.25, -0.2) is 9.18 Å². The number of anilines is 1. The van der Waals surface area contributed by atoms with Crippen LogP contribution in [-0.4, -0.2) is 18.2 Å². The van der Waals surface area contributed by atoms with E-state index in [0.717, 1.165) is 0 Å². The third kappa shape index (κ3) is 3.31. The monoisotopic (exact) mass is 289 g/mol. The van der Waals surface area contributed by atoms with E-state index in [1.807, 2.05) is 0 Å². The second-order valence-corrected chi connectivity index (χ2v) is 4.60. The summed E-state index contributed by atoms with van der Waals surface area (Å²) in [6.07, 6.45) is 0. The predicted molar refractivity (Wildman–Crippen MR) is 78.4 cm³/mol. The summed E-state index contributed by atoms with van der Waals surface area (Å²) >= 11 is 0. The lowest BCUT2D eigenvalue weighted by Crippen LogP contribution is -2.12. The van der Waals surface area contributed by atoms with Gasteiger partial charge in [0, 0.05) is 11.6 Å². The van der Waals surface area contributed by atoms with Crippen molar-refractivity contribution in [3.8, 4) is 5.75 Å². The van der Waals surface area contributed by atoms with E-state index in [1.165, 1.54) is 19.2 Å². The van der Waals surface area contributed by atoms with Crippen molar-refractivity contribution >= 4 is 11.7 Å². The molecule has 110 valence electrons. The number of hydrogen-bond acceptors (Lipinski definition) is 3. The first-order valence-corrected chi connectivity index (χ1v) is 6.45. The van der Waals surface area contributed by atoms with Crippen molar-refractivity contribution in [3.05, 3.63) is 59.4 Å². The second kappa shape index (κ2) is 6.26. The van der Waals surface area contributed by atoms with Gasteiger partial charge >= 0.3 is 5.97 Å². The SMILES string of the molecule is COc1ccc(C(=O)O)c(NC(C)c2ccccc2F)c1. The highest BCUT2D eigenvalue weighted by Gasteiger charge is 2.15. The van der Waals surface area contributed by atoms with Crippen LogP contribution in [0.5, 0.6) is 5.75 Å². The Morgan fingerprint density at radius 1 is 1.29 bits per heavy atom. The fourth-order valence-electron chi connectivity index (χ4n) is 2.09. The van der Waals surface area contributed by atoms with Crippen molar-refractivity contribution in [2.45, 2.75) is 13.0 Å². The molecule has 0 amide bonds. The lowest BCUT2D eigenvalue weighted by Gasteiger charge is -2.18. The van der Waals surface area contributed by atoms with Crippen LogP contribution >= 0.6 is 0 Å². The number of carbonyl (C=O) groups is 1. The largest absolute Gasteiger partial charge is 0.497 e. The molecule has 1 atom stereocenters. The van der Waals surface area contributed by atoms with Crippen molar-refractivity contribution < 1.29 is 19.0 Å². The van der Waals surface area contributed by atoms with Crippen molar-refractivity contribution in [2.75, 3.05) is 12.4 Å². The van der Waals surface area contributed by atoms with Crippen molar-refractivity contribution in [3.63, 3.8) is 0 Å². The van der Waals surface area contributed by atoms with E-state index in [9.17, 15) is 14.3 Å². The molecule has 0 saturated heterocycles. The molecule has 1 unspecified atom stereocenters. The Labute approximate surface area is 122 Å². The highest BCUT2D eigenvalue weighted by Crippen LogP contribution is 2.27. The van der Waals surface area contributed by atoms with Gasteiger partial charge in [-0.3, -0.25) is 0 Å². The number of aromatic carboxylic acids is 1. The molecular weight excluding hydrogens is 273 g/mol. The van der Waals surface area contributed by atoms with E-state index in [0.29, 0.717) is 17.0 Å². The van der Waals surface area contributed by atoms with Crippen LogP contribution in [0, 0.1) is 5.82 Å². The summed E-state index contributed by atoms with van der Waals surface area (Å²) in [5.41, 5.74) is 0.966. The summed E-state index contributed by atoms with van der Waals surface area (Å²) in [6, 6.07) is 10.6. The molecule has 0 aromatic heterocycles. The van der Waals surface area contributed by atoms with E-state index >= 15 is 0 Å². The maximum Gasteiger partial charge on any atom is 0.337 e. The van der Waals surface area contributed by atoms with Crippen LogP contribution in [0.25, 0.3) is 0 Å². The summed E-state index contributed by atoms with van der Waals surface area (Å²) in [6.45, 7) is 1.77. The normalized spacial score (nSPS) is 11.8. The van der Waals surface area contributed by atoms with Gasteiger partial charge < -0.3 is 15.2 Å². The molecule has 0 spiro atoms. The maximum absolute atomic E-state index is 13.8. The van der Waals surface area contributed by atoms with Crippen molar-refractivity contribution in [1.29, 1.82) is 0 Å². The topological polar surface area (TPSA) is 58.6 Å². The minimum absolute atomic E-state index is 0.110. The summed E-state index contributed by atoms with van der Waals surface area (Å²) in [5.74, 6) is -0.860. The number of carboxylic acids is 1. The third-order valence-corrected chi connectivity index (χ3v) is 3.20. The Bertz CT molecular complexity index is 658. The Kier molecular flexibility index (Phi) is 4.42. The number of methoxy groups -OCH3 is 1. The van der Waals surface area contributed by atoms with Crippen molar-refractivity contribution in [2.24, 2.45) is 0 Å². The van der Waals surface area contributed by atoms with Gasteiger partial charge in [0.25, 0.3) is 0 Å². The smallest absolute Gasteiger partial charge is 0.337 e. The average Bonchev–Trinajstić information content (AvgIpc) is 2.47. The minimum Gasteiger partial charge on any atom is -0.497 e. The highest BCUT2D eigenvalue weighted by molar-refractivity contribution is 5.94. The molecule has 4 nitrogen and oxygen atoms in total. The molecule has 2 aromatic carbocycles. The van der Waals surface area contributed by atoms with Gasteiger partial charge in [-0.2, -0.15) is 0 Å². The Morgan fingerprint density at radius 3 is 2.62 bits per heavy atom. The van der Waals surface area contributed by atoms with Crippen LogP contribution in [-0.2, 0) is 0 Å². The molecule has 2 aromatic rings. The molecule has 0 aliphatic rings. The Balaban J connectivity index is 2.34. The maximum atomic E-state index is 13.8. The van der Waals surface area contributed by atoms with E-state index in [1.54, 1.807) is 37.3 Å². The Morgan fingerprint density at radius 2 is 2.00 bits per heavy atom. The Hall–Kier alpha value is -2.56. The number of carboxylic acid groups (broad SMARTS) is 1. The van der Waals surface area contributed by atoms with Gasteiger partial charge in [0.05, 0.1) is 24.4 Å². The molecule has 5 heteroatoms. The fraction of sp³-hybridized carbons (Fsp3) is 0.188. The van der Waals surface area contributed by atoms with Gasteiger partial charge in [0.15, 0.2) is 0 Å². The number of hydrogen-bond donors (Lipinski definition) is 2. The zero-order chi connectivity index (χ0) is 15.4. The molecule has 2 N–H and O–H groups in total. The van der Waals surface area contributed by atoms with E-state index in [4.69, 9.17) is 4.74 Å². The average molecular weight is 289 g/mol. The zero-order valence-electron chi connectivity index (χ0n) is 11.8. The van der Waals surface area contributed by atoms with Gasteiger partial charge in [0.1, 0.15) is 11.6 Å². The summed E-state index contributed by atoms with van der Waals surface area (Å²) in [7, 11) is 1.50. The van der Waals surface area contributed by atoms with Crippen molar-refractivity contribution in [1.82, 2.24) is 0 Å². The number of nitrogens with one attached hydrogen (secondary N) is 1. The van der Waals surface area contributed by atoms with Gasteiger partial charge in [-0.15, -0.1) is 0 Å². The molecular formula is C16H16FNO3. The van der Waals surface area contributed by atoms with Crippen LogP contribution in [0.4, 0.5) is 10.1 Å². The standard InChI is InChI=1S/C16H16FNO3/c1-10(12-5-3-4-6-14(12)17)18-15-9-11(21-2)7-8-13(15)16(19)20/h3-10,18H,1-2H3,(H,19,20). The lowest BCUT2D eigenvalue weighted by atomic mass is 10.1. The van der Waals surface area contributed by atoms with Crippen LogP contribution in [0.1, 0.15) is 28.9 Å². The van der Waals surface area contributed by atoms with Crippen LogP contribution in [0.15, 0.2) is 42.5 Å². The first-order chi connectivity index (χ1) is 10.0. The van der Waals surface area contributed by atoms with E-state index in [-0.39, 0.29) is 17.4 Å². The molecule has 2 rings (SSSR count). The molecule has 0 aliphatic carbocycles. The third-order valence-electron chi connectivity index (χ3n) is 3.20. The first kappa shape index (κ1) is 14.8. The predicted octanol–water partition coefficient (Wildman–Crippen LogP) is 3.71. The van der Waals surface area contributed by atoms with Crippen LogP contribution in [0.2, 0.25) is 0 Å². The highest BCUT2D eigenvalue weighted by atomic mass is 19.1. The molecule has 0 radical (unpaired) electrons. The lowest BCUT2D eigenvalue weighted by molar-refractivity contribution is 0.0698. The number of halogens is 1. The number of ether oxygens (including phenoxy) is 1. The molecule has 0 heterocycles. The summed E-state index contributed by atoms with van der Waals surface area (Å²) < 4.78 is 18.9. The zero-order valence-corrected chi connectivity index (χ0v) is 11.8. The summed E-state index contributed by atoms with van der Waals surface area (Å²) in [4.78, 5) is 11.3. The molecule has 0 bridgehead atoms. The van der Waals surface area contributed by atoms with Gasteiger partial charge in [-0.1, -0.05) is 18.2 Å². The fourth-order valence-corrected chi connectivity index (χ4v) is 2.09. The van der Waals surface area contributed by atoms with E-state index in [2.05, 4.69) is 5.32 Å². The van der Waals surface area contributed by atoms with Crippen LogP contribution in [0.3, 0.4) is 0 Å². The summed E-state index contributed by atoms with van der Waals surface area (Å²) in [5, 5.41) is 12.2. The molecule has 0 aliphatic heterocycles. The van der Waals surface area contributed by atoms with Gasteiger partial charge in [0.2, 0.25) is 0 Å². The quantitative estimate of drug-likeness (QED) is 0.881. The van der Waals surface area contributed by atoms with Crippen LogP contribution < -0.4 is 10.1 Å².